The summed E-state index contributed by atoms with van der Waals surface area (Å²) < 4.78 is 10.9. The van der Waals surface area contributed by atoms with Crippen LogP contribution in [0.3, 0.4) is 0 Å². The molecule has 0 spiro atoms. The molecule has 1 atom stereocenters. The maximum Gasteiger partial charge on any atom is 0.238 e. The highest BCUT2D eigenvalue weighted by molar-refractivity contribution is 9.10. The summed E-state index contributed by atoms with van der Waals surface area (Å²) in [6, 6.07) is 5.44. The third-order valence-electron chi connectivity index (χ3n) is 2.91. The monoisotopic (exact) mass is 327 g/mol. The van der Waals surface area contributed by atoms with E-state index in [0.717, 1.165) is 30.7 Å². The average Bonchev–Trinajstić information content (AvgIpc) is 2.44. The summed E-state index contributed by atoms with van der Waals surface area (Å²) in [6.07, 6.45) is 2.96. The molecule has 5 heteroatoms. The van der Waals surface area contributed by atoms with Crippen molar-refractivity contribution in [3.05, 3.63) is 18.2 Å². The first-order valence-corrected chi connectivity index (χ1v) is 7.47. The fourth-order valence-electron chi connectivity index (χ4n) is 1.86. The van der Waals surface area contributed by atoms with Gasteiger partial charge in [-0.3, -0.25) is 4.79 Å². The highest BCUT2D eigenvalue weighted by Crippen LogP contribution is 2.32. The average molecular weight is 328 g/mol. The second kappa shape index (κ2) is 6.80. The molecule has 0 fully saturated rings. The van der Waals surface area contributed by atoms with E-state index in [1.165, 1.54) is 0 Å². The zero-order valence-electron chi connectivity index (χ0n) is 10.9. The van der Waals surface area contributed by atoms with Gasteiger partial charge in [0.05, 0.1) is 4.83 Å². The number of halogens is 1. The van der Waals surface area contributed by atoms with Crippen LogP contribution in [0.4, 0.5) is 5.69 Å². The van der Waals surface area contributed by atoms with Crippen LogP contribution in [0.1, 0.15) is 26.2 Å². The second-order valence-corrected chi connectivity index (χ2v) is 5.56. The zero-order chi connectivity index (χ0) is 13.7. The second-order valence-electron chi connectivity index (χ2n) is 4.46. The van der Waals surface area contributed by atoms with E-state index in [0.29, 0.717) is 19.0 Å². The molecule has 1 amide bonds. The summed E-state index contributed by atoms with van der Waals surface area (Å²) >= 11 is 3.41. The molecule has 0 radical (unpaired) electrons. The van der Waals surface area contributed by atoms with Crippen LogP contribution in [-0.2, 0) is 4.79 Å². The Kier molecular flexibility index (Phi) is 5.07. The molecule has 0 aromatic heterocycles. The van der Waals surface area contributed by atoms with E-state index in [4.69, 9.17) is 9.47 Å². The van der Waals surface area contributed by atoms with Crippen LogP contribution in [0.2, 0.25) is 0 Å². The number of unbranched alkanes of at least 4 members (excludes halogenated alkanes) is 1. The topological polar surface area (TPSA) is 47.6 Å². The van der Waals surface area contributed by atoms with Crippen molar-refractivity contribution in [2.24, 2.45) is 0 Å². The number of anilines is 1. The number of hydrogen-bond acceptors (Lipinski definition) is 3. The minimum absolute atomic E-state index is 0.0230. The quantitative estimate of drug-likeness (QED) is 0.843. The molecule has 0 saturated heterocycles. The summed E-state index contributed by atoms with van der Waals surface area (Å²) in [5.41, 5.74) is 0.732. The van der Waals surface area contributed by atoms with Gasteiger partial charge in [0.25, 0.3) is 0 Å². The van der Waals surface area contributed by atoms with Crippen molar-refractivity contribution >= 4 is 27.5 Å². The lowest BCUT2D eigenvalue weighted by Crippen LogP contribution is -2.23. The van der Waals surface area contributed by atoms with Gasteiger partial charge in [-0.25, -0.2) is 0 Å². The number of benzene rings is 1. The number of amides is 1. The number of alkyl halides is 1. The van der Waals surface area contributed by atoms with Crippen LogP contribution in [0.25, 0.3) is 0 Å². The van der Waals surface area contributed by atoms with Gasteiger partial charge in [-0.05, 0) is 18.6 Å². The van der Waals surface area contributed by atoms with Crippen LogP contribution in [0, 0.1) is 0 Å². The van der Waals surface area contributed by atoms with Crippen molar-refractivity contribution in [3.8, 4) is 11.5 Å². The Balaban J connectivity index is 1.97. The molecular formula is C14H18BrNO3. The van der Waals surface area contributed by atoms with E-state index >= 15 is 0 Å². The third-order valence-corrected chi connectivity index (χ3v) is 3.78. The SMILES string of the molecule is CCCCC(Br)C(=O)Nc1ccc2c(c1)OCCO2. The van der Waals surface area contributed by atoms with Crippen molar-refractivity contribution in [2.45, 2.75) is 31.0 Å². The molecule has 1 aromatic carbocycles. The predicted molar refractivity (Wildman–Crippen MR) is 78.3 cm³/mol. The molecule has 0 saturated carbocycles. The lowest BCUT2D eigenvalue weighted by Gasteiger charge is -2.19. The van der Waals surface area contributed by atoms with Gasteiger partial charge in [-0.1, -0.05) is 35.7 Å². The molecule has 0 aliphatic carbocycles. The summed E-state index contributed by atoms with van der Waals surface area (Å²) in [4.78, 5) is 11.8. The summed E-state index contributed by atoms with van der Waals surface area (Å²) in [7, 11) is 0. The van der Waals surface area contributed by atoms with Gasteiger partial charge in [-0.15, -0.1) is 0 Å². The lowest BCUT2D eigenvalue weighted by molar-refractivity contribution is -0.115. The first-order chi connectivity index (χ1) is 9.20. The van der Waals surface area contributed by atoms with Crippen molar-refractivity contribution in [1.82, 2.24) is 0 Å². The van der Waals surface area contributed by atoms with Crippen LogP contribution in [0.5, 0.6) is 11.5 Å². The van der Waals surface area contributed by atoms with Crippen LogP contribution in [0.15, 0.2) is 18.2 Å². The molecule has 104 valence electrons. The molecule has 1 aromatic rings. The lowest BCUT2D eigenvalue weighted by atomic mass is 10.2. The number of nitrogens with one attached hydrogen (secondary N) is 1. The Morgan fingerprint density at radius 1 is 1.37 bits per heavy atom. The van der Waals surface area contributed by atoms with Crippen molar-refractivity contribution < 1.29 is 14.3 Å². The van der Waals surface area contributed by atoms with Crippen LogP contribution < -0.4 is 14.8 Å². The van der Waals surface area contributed by atoms with E-state index < -0.39 is 0 Å². The Labute approximate surface area is 121 Å². The van der Waals surface area contributed by atoms with Gasteiger partial charge in [0, 0.05) is 11.8 Å². The molecule has 1 N–H and O–H groups in total. The number of carbonyl (C=O) groups is 1. The summed E-state index contributed by atoms with van der Waals surface area (Å²) in [5.74, 6) is 1.39. The maximum absolute atomic E-state index is 12.0. The van der Waals surface area contributed by atoms with Crippen molar-refractivity contribution in [1.29, 1.82) is 0 Å². The minimum Gasteiger partial charge on any atom is -0.486 e. The molecule has 1 aliphatic heterocycles. The van der Waals surface area contributed by atoms with Gasteiger partial charge in [0.1, 0.15) is 13.2 Å². The molecule has 1 aliphatic rings. The number of rotatable bonds is 5. The van der Waals surface area contributed by atoms with Gasteiger partial charge >= 0.3 is 0 Å². The molecule has 4 nitrogen and oxygen atoms in total. The molecule has 0 bridgehead atoms. The Morgan fingerprint density at radius 2 is 2.11 bits per heavy atom. The van der Waals surface area contributed by atoms with Gasteiger partial charge in [-0.2, -0.15) is 0 Å². The maximum atomic E-state index is 12.0. The number of carbonyl (C=O) groups excluding carboxylic acids is 1. The first-order valence-electron chi connectivity index (χ1n) is 6.55. The standard InChI is InChI=1S/C14H18BrNO3/c1-2-3-4-11(15)14(17)16-10-5-6-12-13(9-10)19-8-7-18-12/h5-6,9,11H,2-4,7-8H2,1H3,(H,16,17). The van der Waals surface area contributed by atoms with Gasteiger partial charge < -0.3 is 14.8 Å². The highest BCUT2D eigenvalue weighted by atomic mass is 79.9. The Bertz CT molecular complexity index is 450. The molecule has 1 unspecified atom stereocenters. The zero-order valence-corrected chi connectivity index (χ0v) is 12.5. The Hall–Kier alpha value is -1.23. The highest BCUT2D eigenvalue weighted by Gasteiger charge is 2.16. The van der Waals surface area contributed by atoms with Crippen LogP contribution >= 0.6 is 15.9 Å². The predicted octanol–water partition coefficient (Wildman–Crippen LogP) is 3.35. The molecular weight excluding hydrogens is 310 g/mol. The number of fused-ring (bicyclic) bond motifs is 1. The van der Waals surface area contributed by atoms with E-state index in [-0.39, 0.29) is 10.7 Å². The number of hydrogen-bond donors (Lipinski definition) is 1. The molecule has 2 rings (SSSR count). The minimum atomic E-state index is -0.152. The van der Waals surface area contributed by atoms with Gasteiger partial charge in [0.15, 0.2) is 11.5 Å². The van der Waals surface area contributed by atoms with Crippen molar-refractivity contribution in [2.75, 3.05) is 18.5 Å². The van der Waals surface area contributed by atoms with E-state index in [9.17, 15) is 4.79 Å². The molecule has 19 heavy (non-hydrogen) atoms. The van der Waals surface area contributed by atoms with Gasteiger partial charge in [0.2, 0.25) is 5.91 Å². The first kappa shape index (κ1) is 14.2. The van der Waals surface area contributed by atoms with E-state index in [1.54, 1.807) is 6.07 Å². The Morgan fingerprint density at radius 3 is 2.84 bits per heavy atom. The smallest absolute Gasteiger partial charge is 0.238 e. The van der Waals surface area contributed by atoms with Crippen LogP contribution in [-0.4, -0.2) is 23.9 Å². The summed E-state index contributed by atoms with van der Waals surface area (Å²) in [5, 5.41) is 2.88. The fraction of sp³-hybridized carbons (Fsp3) is 0.500. The van der Waals surface area contributed by atoms with E-state index in [1.807, 2.05) is 12.1 Å². The summed E-state index contributed by atoms with van der Waals surface area (Å²) in [6.45, 7) is 3.22. The molecule has 1 heterocycles. The fourth-order valence-corrected chi connectivity index (χ4v) is 2.29. The third kappa shape index (κ3) is 3.86. The van der Waals surface area contributed by atoms with E-state index in [2.05, 4.69) is 28.2 Å². The largest absolute Gasteiger partial charge is 0.486 e. The van der Waals surface area contributed by atoms with Crippen molar-refractivity contribution in [3.63, 3.8) is 0 Å². The normalized spacial score (nSPS) is 14.8. The number of ether oxygens (including phenoxy) is 2.